The molecule has 1 heterocycles. The van der Waals surface area contributed by atoms with Gasteiger partial charge in [-0.2, -0.15) is 0 Å². The van der Waals surface area contributed by atoms with Crippen molar-refractivity contribution in [2.45, 2.75) is 19.0 Å². The lowest BCUT2D eigenvalue weighted by Crippen LogP contribution is -2.49. The Kier molecular flexibility index (Phi) is 5.09. The zero-order chi connectivity index (χ0) is 17.8. The van der Waals surface area contributed by atoms with E-state index in [1.165, 1.54) is 31.4 Å². The Morgan fingerprint density at radius 1 is 1.16 bits per heavy atom. The Morgan fingerprint density at radius 3 is 2.52 bits per heavy atom. The zero-order valence-electron chi connectivity index (χ0n) is 13.9. The molecule has 0 spiro atoms. The molecule has 0 saturated heterocycles. The van der Waals surface area contributed by atoms with Crippen molar-refractivity contribution in [3.8, 4) is 0 Å². The lowest BCUT2D eigenvalue weighted by Gasteiger charge is -2.34. The first-order valence-corrected chi connectivity index (χ1v) is 8.01. The summed E-state index contributed by atoms with van der Waals surface area (Å²) in [6.45, 7) is 0.540. The van der Waals surface area contributed by atoms with Gasteiger partial charge in [-0.15, -0.1) is 0 Å². The molecule has 1 N–H and O–H groups in total. The number of amides is 1. The number of carbonyl (C=O) groups excluding carboxylic acids is 2. The number of ether oxygens (including phenoxy) is 1. The minimum absolute atomic E-state index is 0.0471. The standard InChI is InChI=1S/C19H19FN2O3/c1-25-19(24)17-10-13-4-2-3-5-14(13)11-22(17)12-18(23)21-16-8-6-15(20)7-9-16/h2-9,17H,10-12H2,1H3,(H,21,23)/t17-/m0/s1. The Hall–Kier alpha value is -2.73. The van der Waals surface area contributed by atoms with E-state index in [1.807, 2.05) is 24.3 Å². The van der Waals surface area contributed by atoms with E-state index in [9.17, 15) is 14.0 Å². The average molecular weight is 342 g/mol. The number of anilines is 1. The molecule has 0 bridgehead atoms. The largest absolute Gasteiger partial charge is 0.468 e. The van der Waals surface area contributed by atoms with Crippen LogP contribution in [-0.2, 0) is 27.3 Å². The van der Waals surface area contributed by atoms with Crippen LogP contribution < -0.4 is 5.32 Å². The molecule has 0 aromatic heterocycles. The summed E-state index contributed by atoms with van der Waals surface area (Å²) in [5.41, 5.74) is 2.70. The van der Waals surface area contributed by atoms with E-state index < -0.39 is 6.04 Å². The van der Waals surface area contributed by atoms with E-state index >= 15 is 0 Å². The van der Waals surface area contributed by atoms with Crippen LogP contribution in [0.1, 0.15) is 11.1 Å². The quantitative estimate of drug-likeness (QED) is 0.867. The molecular formula is C19H19FN2O3. The number of nitrogens with one attached hydrogen (secondary N) is 1. The molecule has 130 valence electrons. The molecule has 0 unspecified atom stereocenters. The number of halogens is 1. The number of esters is 1. The molecule has 6 heteroatoms. The Morgan fingerprint density at radius 2 is 1.84 bits per heavy atom. The summed E-state index contributed by atoms with van der Waals surface area (Å²) in [6, 6.07) is 12.9. The summed E-state index contributed by atoms with van der Waals surface area (Å²) >= 11 is 0. The van der Waals surface area contributed by atoms with Gasteiger partial charge in [0, 0.05) is 12.2 Å². The lowest BCUT2D eigenvalue weighted by molar-refractivity contribution is -0.148. The molecule has 5 nitrogen and oxygen atoms in total. The van der Waals surface area contributed by atoms with Gasteiger partial charge in [-0.05, 0) is 41.8 Å². The topological polar surface area (TPSA) is 58.6 Å². The van der Waals surface area contributed by atoms with Crippen molar-refractivity contribution in [3.05, 3.63) is 65.5 Å². The average Bonchev–Trinajstić information content (AvgIpc) is 2.62. The van der Waals surface area contributed by atoms with Crippen LogP contribution in [0.15, 0.2) is 48.5 Å². The fourth-order valence-electron chi connectivity index (χ4n) is 3.03. The third-order valence-corrected chi connectivity index (χ3v) is 4.29. The van der Waals surface area contributed by atoms with Gasteiger partial charge in [0.1, 0.15) is 11.9 Å². The van der Waals surface area contributed by atoms with Gasteiger partial charge in [-0.1, -0.05) is 24.3 Å². The monoisotopic (exact) mass is 342 g/mol. The van der Waals surface area contributed by atoms with Crippen LogP contribution >= 0.6 is 0 Å². The van der Waals surface area contributed by atoms with Gasteiger partial charge in [0.05, 0.1) is 13.7 Å². The van der Waals surface area contributed by atoms with E-state index in [-0.39, 0.29) is 24.2 Å². The van der Waals surface area contributed by atoms with Crippen molar-refractivity contribution >= 4 is 17.6 Å². The van der Waals surface area contributed by atoms with Crippen molar-refractivity contribution in [1.82, 2.24) is 4.90 Å². The van der Waals surface area contributed by atoms with Crippen LogP contribution in [0.2, 0.25) is 0 Å². The first kappa shape index (κ1) is 17.1. The van der Waals surface area contributed by atoms with Crippen molar-refractivity contribution in [3.63, 3.8) is 0 Å². The highest BCUT2D eigenvalue weighted by molar-refractivity contribution is 5.92. The van der Waals surface area contributed by atoms with Crippen molar-refractivity contribution in [1.29, 1.82) is 0 Å². The van der Waals surface area contributed by atoms with Gasteiger partial charge in [0.25, 0.3) is 0 Å². The maximum atomic E-state index is 12.9. The second kappa shape index (κ2) is 7.44. The highest BCUT2D eigenvalue weighted by Crippen LogP contribution is 2.24. The molecule has 1 aliphatic heterocycles. The maximum absolute atomic E-state index is 12.9. The maximum Gasteiger partial charge on any atom is 0.323 e. The third-order valence-electron chi connectivity index (χ3n) is 4.29. The predicted molar refractivity (Wildman–Crippen MR) is 91.4 cm³/mol. The van der Waals surface area contributed by atoms with Crippen LogP contribution in [0, 0.1) is 5.82 Å². The molecule has 1 atom stereocenters. The number of nitrogens with zero attached hydrogens (tertiary/aromatic N) is 1. The minimum Gasteiger partial charge on any atom is -0.468 e. The predicted octanol–water partition coefficient (Wildman–Crippen LogP) is 2.36. The fourth-order valence-corrected chi connectivity index (χ4v) is 3.03. The molecule has 1 aliphatic rings. The molecule has 0 fully saturated rings. The number of carbonyl (C=O) groups is 2. The molecule has 0 radical (unpaired) electrons. The first-order chi connectivity index (χ1) is 12.1. The summed E-state index contributed by atoms with van der Waals surface area (Å²) in [6.07, 6.45) is 0.507. The second-order valence-corrected chi connectivity index (χ2v) is 5.97. The van der Waals surface area contributed by atoms with E-state index in [4.69, 9.17) is 4.74 Å². The van der Waals surface area contributed by atoms with Crippen molar-refractivity contribution < 1.29 is 18.7 Å². The SMILES string of the molecule is COC(=O)[C@@H]1Cc2ccccc2CN1CC(=O)Nc1ccc(F)cc1. The number of fused-ring (bicyclic) bond motifs is 1. The number of benzene rings is 2. The molecule has 3 rings (SSSR count). The number of hydrogen-bond acceptors (Lipinski definition) is 4. The number of hydrogen-bond donors (Lipinski definition) is 1. The summed E-state index contributed by atoms with van der Waals surface area (Å²) in [5.74, 6) is -0.986. The van der Waals surface area contributed by atoms with Crippen molar-refractivity contribution in [2.24, 2.45) is 0 Å². The highest BCUT2D eigenvalue weighted by Gasteiger charge is 2.33. The highest BCUT2D eigenvalue weighted by atomic mass is 19.1. The summed E-state index contributed by atoms with van der Waals surface area (Å²) in [5, 5.41) is 2.72. The van der Waals surface area contributed by atoms with Gasteiger partial charge in [0.2, 0.25) is 5.91 Å². The smallest absolute Gasteiger partial charge is 0.323 e. The minimum atomic E-state index is -0.501. The van der Waals surface area contributed by atoms with E-state index in [0.29, 0.717) is 18.7 Å². The van der Waals surface area contributed by atoms with Crippen LogP contribution in [0.25, 0.3) is 0 Å². The Balaban J connectivity index is 1.73. The summed E-state index contributed by atoms with van der Waals surface area (Å²) in [4.78, 5) is 26.3. The van der Waals surface area contributed by atoms with Crippen LogP contribution in [0.3, 0.4) is 0 Å². The van der Waals surface area contributed by atoms with E-state index in [2.05, 4.69) is 5.32 Å². The summed E-state index contributed by atoms with van der Waals surface area (Å²) < 4.78 is 17.8. The normalized spacial score (nSPS) is 16.8. The van der Waals surface area contributed by atoms with Crippen LogP contribution in [0.4, 0.5) is 10.1 Å². The van der Waals surface area contributed by atoms with E-state index in [1.54, 1.807) is 4.90 Å². The Labute approximate surface area is 145 Å². The molecule has 2 aromatic carbocycles. The fraction of sp³-hybridized carbons (Fsp3) is 0.263. The molecule has 0 aliphatic carbocycles. The molecule has 25 heavy (non-hydrogen) atoms. The van der Waals surface area contributed by atoms with Gasteiger partial charge < -0.3 is 10.1 Å². The lowest BCUT2D eigenvalue weighted by atomic mass is 9.94. The van der Waals surface area contributed by atoms with Crippen LogP contribution in [-0.4, -0.2) is 36.5 Å². The molecule has 2 aromatic rings. The molecule has 1 amide bonds. The number of methoxy groups -OCH3 is 1. The van der Waals surface area contributed by atoms with Crippen LogP contribution in [0.5, 0.6) is 0 Å². The van der Waals surface area contributed by atoms with Gasteiger partial charge in [0.15, 0.2) is 0 Å². The van der Waals surface area contributed by atoms with Crippen molar-refractivity contribution in [2.75, 3.05) is 19.0 Å². The third kappa shape index (κ3) is 4.03. The van der Waals surface area contributed by atoms with Gasteiger partial charge in [-0.3, -0.25) is 14.5 Å². The van der Waals surface area contributed by atoms with E-state index in [0.717, 1.165) is 11.1 Å². The number of rotatable bonds is 4. The van der Waals surface area contributed by atoms with Gasteiger partial charge in [-0.25, -0.2) is 4.39 Å². The summed E-state index contributed by atoms with van der Waals surface area (Å²) in [7, 11) is 1.35. The van der Waals surface area contributed by atoms with Gasteiger partial charge >= 0.3 is 5.97 Å². The first-order valence-electron chi connectivity index (χ1n) is 8.01. The molecule has 0 saturated carbocycles. The zero-order valence-corrected chi connectivity index (χ0v) is 13.9. The second-order valence-electron chi connectivity index (χ2n) is 5.97. The molecular weight excluding hydrogens is 323 g/mol. The Bertz CT molecular complexity index is 776.